The van der Waals surface area contributed by atoms with Crippen LogP contribution in [0.5, 0.6) is 11.5 Å². The van der Waals surface area contributed by atoms with E-state index in [1.54, 1.807) is 0 Å². The van der Waals surface area contributed by atoms with E-state index < -0.39 is 5.75 Å². The van der Waals surface area contributed by atoms with E-state index in [1.165, 1.54) is 18.2 Å². The molecule has 2 N–H and O–H groups in total. The van der Waals surface area contributed by atoms with Crippen LogP contribution in [0.4, 0.5) is 0 Å². The summed E-state index contributed by atoms with van der Waals surface area (Å²) < 4.78 is 0. The minimum Gasteiger partial charge on any atom is -0.504 e. The van der Waals surface area contributed by atoms with Gasteiger partial charge in [0, 0.05) is 6.07 Å². The van der Waals surface area contributed by atoms with E-state index in [9.17, 15) is 4.79 Å². The molecule has 0 fully saturated rings. The third kappa shape index (κ3) is 1.25. The molecule has 0 spiro atoms. The van der Waals surface area contributed by atoms with Gasteiger partial charge < -0.3 is 10.2 Å². The molecule has 0 bridgehead atoms. The predicted octanol–water partition coefficient (Wildman–Crippen LogP) is 0.458. The lowest BCUT2D eigenvalue weighted by atomic mass is 10.4. The monoisotopic (exact) mass is 138 g/mol. The van der Waals surface area contributed by atoms with Crippen molar-refractivity contribution in [2.45, 2.75) is 0 Å². The fraction of sp³-hybridized carbons (Fsp3) is 0. The van der Waals surface area contributed by atoms with Crippen molar-refractivity contribution in [3.63, 3.8) is 0 Å². The van der Waals surface area contributed by atoms with Gasteiger partial charge in [-0.1, -0.05) is 6.07 Å². The van der Waals surface area contributed by atoms with E-state index in [2.05, 4.69) is 0 Å². The van der Waals surface area contributed by atoms with Crippen LogP contribution < -0.4 is 5.43 Å². The molecule has 1 rings (SSSR count). The number of hydrogen-bond donors (Lipinski definition) is 2. The quantitative estimate of drug-likeness (QED) is 0.547. The van der Waals surface area contributed by atoms with Crippen LogP contribution >= 0.6 is 0 Å². The molecule has 3 nitrogen and oxygen atoms in total. The standard InChI is InChI=1S/C7H6O3/c8-5-2-1-3-6(9)7(10)4-5/h1-4,9-10H. The summed E-state index contributed by atoms with van der Waals surface area (Å²) in [6, 6.07) is 4.82. The zero-order valence-electron chi connectivity index (χ0n) is 5.11. The Morgan fingerprint density at radius 3 is 2.50 bits per heavy atom. The van der Waals surface area contributed by atoms with Crippen LogP contribution in [0, 0.1) is 0 Å². The minimum atomic E-state index is -0.394. The molecule has 0 heterocycles. The molecule has 0 unspecified atom stereocenters. The van der Waals surface area contributed by atoms with Crippen LogP contribution in [-0.4, -0.2) is 10.2 Å². The number of rotatable bonds is 0. The zero-order chi connectivity index (χ0) is 7.56. The number of aromatic hydroxyl groups is 2. The highest BCUT2D eigenvalue weighted by atomic mass is 16.3. The molecule has 10 heavy (non-hydrogen) atoms. The van der Waals surface area contributed by atoms with E-state index in [4.69, 9.17) is 10.2 Å². The van der Waals surface area contributed by atoms with Crippen molar-refractivity contribution in [2.75, 3.05) is 0 Å². The van der Waals surface area contributed by atoms with Crippen molar-refractivity contribution in [2.24, 2.45) is 0 Å². The van der Waals surface area contributed by atoms with E-state index in [0.717, 1.165) is 6.07 Å². The molecule has 0 saturated carbocycles. The average molecular weight is 138 g/mol. The first-order valence-corrected chi connectivity index (χ1v) is 2.72. The highest BCUT2D eigenvalue weighted by Gasteiger charge is 1.93. The Balaban J connectivity index is 3.45. The smallest absolute Gasteiger partial charge is 0.182 e. The first-order chi connectivity index (χ1) is 4.70. The van der Waals surface area contributed by atoms with Crippen molar-refractivity contribution in [3.05, 3.63) is 34.5 Å². The van der Waals surface area contributed by atoms with Crippen molar-refractivity contribution in [1.29, 1.82) is 0 Å². The van der Waals surface area contributed by atoms with Gasteiger partial charge in [0.25, 0.3) is 0 Å². The Morgan fingerprint density at radius 2 is 1.80 bits per heavy atom. The Morgan fingerprint density at radius 1 is 1.10 bits per heavy atom. The van der Waals surface area contributed by atoms with Crippen molar-refractivity contribution in [1.82, 2.24) is 0 Å². The minimum absolute atomic E-state index is 0.290. The van der Waals surface area contributed by atoms with Crippen LogP contribution in [0.1, 0.15) is 0 Å². The van der Waals surface area contributed by atoms with Crippen LogP contribution in [0.25, 0.3) is 0 Å². The Kier molecular flexibility index (Phi) is 1.58. The summed E-state index contributed by atoms with van der Waals surface area (Å²) in [7, 11) is 0. The normalized spacial score (nSPS) is 9.20. The van der Waals surface area contributed by atoms with Crippen molar-refractivity contribution < 1.29 is 10.2 Å². The van der Waals surface area contributed by atoms with Gasteiger partial charge in [-0.2, -0.15) is 0 Å². The summed E-state index contributed by atoms with van der Waals surface area (Å²) in [5, 5.41) is 17.6. The third-order valence-electron chi connectivity index (χ3n) is 1.06. The second kappa shape index (κ2) is 2.39. The molecule has 0 amide bonds. The zero-order valence-corrected chi connectivity index (χ0v) is 5.11. The first kappa shape index (κ1) is 6.61. The third-order valence-corrected chi connectivity index (χ3v) is 1.06. The molecule has 1 aromatic rings. The summed E-state index contributed by atoms with van der Waals surface area (Å²) in [4.78, 5) is 10.6. The summed E-state index contributed by atoms with van der Waals surface area (Å²) in [6.07, 6.45) is 0. The lowest BCUT2D eigenvalue weighted by Crippen LogP contribution is -1.88. The molecule has 0 aliphatic carbocycles. The van der Waals surface area contributed by atoms with Gasteiger partial charge >= 0.3 is 0 Å². The molecule has 0 atom stereocenters. The van der Waals surface area contributed by atoms with Gasteiger partial charge in [-0.15, -0.1) is 0 Å². The SMILES string of the molecule is O=c1cccc(O)c(O)c1. The van der Waals surface area contributed by atoms with Crippen LogP contribution in [-0.2, 0) is 0 Å². The van der Waals surface area contributed by atoms with Gasteiger partial charge in [0.2, 0.25) is 0 Å². The molecule has 0 saturated heterocycles. The lowest BCUT2D eigenvalue weighted by molar-refractivity contribution is 0.404. The van der Waals surface area contributed by atoms with Crippen molar-refractivity contribution >= 4 is 0 Å². The van der Waals surface area contributed by atoms with Gasteiger partial charge in [-0.05, 0) is 12.1 Å². The average Bonchev–Trinajstić information content (AvgIpc) is 1.96. The van der Waals surface area contributed by atoms with Gasteiger partial charge in [0.05, 0.1) is 0 Å². The fourth-order valence-corrected chi connectivity index (χ4v) is 0.576. The summed E-state index contributed by atoms with van der Waals surface area (Å²) in [5.74, 6) is -0.683. The second-order valence-corrected chi connectivity index (χ2v) is 1.84. The lowest BCUT2D eigenvalue weighted by Gasteiger charge is -1.85. The molecule has 3 heteroatoms. The Bertz CT molecular complexity index is 293. The van der Waals surface area contributed by atoms with Crippen LogP contribution in [0.15, 0.2) is 29.1 Å². The highest BCUT2D eigenvalue weighted by Crippen LogP contribution is 2.18. The van der Waals surface area contributed by atoms with E-state index in [1.807, 2.05) is 0 Å². The van der Waals surface area contributed by atoms with Crippen LogP contribution in [0.3, 0.4) is 0 Å². The molecule has 0 aliphatic rings. The van der Waals surface area contributed by atoms with E-state index in [0.29, 0.717) is 0 Å². The maximum atomic E-state index is 10.6. The first-order valence-electron chi connectivity index (χ1n) is 2.72. The molecular weight excluding hydrogens is 132 g/mol. The van der Waals surface area contributed by atoms with E-state index in [-0.39, 0.29) is 11.2 Å². The predicted molar refractivity (Wildman–Crippen MR) is 36.0 cm³/mol. The topological polar surface area (TPSA) is 57.5 Å². The molecular formula is C7H6O3. The Hall–Kier alpha value is -1.51. The second-order valence-electron chi connectivity index (χ2n) is 1.84. The molecule has 0 aromatic heterocycles. The summed E-state index contributed by atoms with van der Waals surface area (Å²) in [5.41, 5.74) is -0.335. The molecule has 1 aromatic carbocycles. The van der Waals surface area contributed by atoms with Gasteiger partial charge in [-0.25, -0.2) is 0 Å². The Labute approximate surface area is 57.2 Å². The molecule has 0 aliphatic heterocycles. The summed E-state index contributed by atoms with van der Waals surface area (Å²) >= 11 is 0. The van der Waals surface area contributed by atoms with Gasteiger partial charge in [0.15, 0.2) is 16.9 Å². The number of hydrogen-bond acceptors (Lipinski definition) is 3. The maximum absolute atomic E-state index is 10.6. The van der Waals surface area contributed by atoms with Gasteiger partial charge in [0.1, 0.15) is 0 Å². The maximum Gasteiger partial charge on any atom is 0.182 e. The van der Waals surface area contributed by atoms with Crippen LogP contribution in [0.2, 0.25) is 0 Å². The van der Waals surface area contributed by atoms with E-state index >= 15 is 0 Å². The van der Waals surface area contributed by atoms with Crippen molar-refractivity contribution in [3.8, 4) is 11.5 Å². The largest absolute Gasteiger partial charge is 0.504 e. The highest BCUT2D eigenvalue weighted by molar-refractivity contribution is 5.34. The fourth-order valence-electron chi connectivity index (χ4n) is 0.576. The van der Waals surface area contributed by atoms with Gasteiger partial charge in [-0.3, -0.25) is 4.79 Å². The molecule has 52 valence electrons. The summed E-state index contributed by atoms with van der Waals surface area (Å²) in [6.45, 7) is 0. The molecule has 0 radical (unpaired) electrons.